The standard InChI is InChI=1S/C25H19BrN2O7S/c1-33-24-12-17(22(26)14-25(24)34-2)15-27-23-5-3-4-16-6-9-19(13-21(16)23)35-36(31,32)20-10-7-18(8-11-20)28(29)30/h3-15H,1-2H3. The highest BCUT2D eigenvalue weighted by atomic mass is 79.9. The summed E-state index contributed by atoms with van der Waals surface area (Å²) in [6, 6.07) is 18.4. The zero-order valence-electron chi connectivity index (χ0n) is 19.0. The van der Waals surface area contributed by atoms with Crippen LogP contribution < -0.4 is 13.7 Å². The number of nitrogens with zero attached hydrogens (tertiary/aromatic N) is 2. The van der Waals surface area contributed by atoms with Crippen LogP contribution in [0, 0.1) is 10.1 Å². The number of methoxy groups -OCH3 is 2. The van der Waals surface area contributed by atoms with Crippen LogP contribution in [0.3, 0.4) is 0 Å². The van der Waals surface area contributed by atoms with Crippen LogP contribution in [0.25, 0.3) is 10.8 Å². The van der Waals surface area contributed by atoms with E-state index in [1.54, 1.807) is 50.8 Å². The first-order valence-corrected chi connectivity index (χ1v) is 12.6. The minimum absolute atomic E-state index is 0.0794. The lowest BCUT2D eigenvalue weighted by Crippen LogP contribution is -2.09. The van der Waals surface area contributed by atoms with Gasteiger partial charge in [0.1, 0.15) is 10.6 Å². The van der Waals surface area contributed by atoms with Crippen molar-refractivity contribution >= 4 is 54.4 Å². The number of aliphatic imine (C=N–C) groups is 1. The number of non-ortho nitro benzene ring substituents is 1. The van der Waals surface area contributed by atoms with Crippen molar-refractivity contribution in [3.8, 4) is 17.2 Å². The number of benzene rings is 4. The van der Waals surface area contributed by atoms with E-state index in [9.17, 15) is 18.5 Å². The Labute approximate surface area is 215 Å². The third-order valence-electron chi connectivity index (χ3n) is 5.22. The van der Waals surface area contributed by atoms with E-state index in [0.29, 0.717) is 22.6 Å². The maximum Gasteiger partial charge on any atom is 0.339 e. The van der Waals surface area contributed by atoms with Crippen molar-refractivity contribution < 1.29 is 27.0 Å². The lowest BCUT2D eigenvalue weighted by atomic mass is 10.1. The average molecular weight is 571 g/mol. The topological polar surface area (TPSA) is 117 Å². The van der Waals surface area contributed by atoms with Gasteiger partial charge < -0.3 is 13.7 Å². The third-order valence-corrected chi connectivity index (χ3v) is 7.17. The Bertz CT molecular complexity index is 1590. The second-order valence-corrected chi connectivity index (χ2v) is 9.84. The van der Waals surface area contributed by atoms with E-state index in [-0.39, 0.29) is 16.3 Å². The number of fused-ring (bicyclic) bond motifs is 1. The summed E-state index contributed by atoms with van der Waals surface area (Å²) >= 11 is 3.50. The van der Waals surface area contributed by atoms with Crippen LogP contribution >= 0.6 is 15.9 Å². The molecule has 4 rings (SSSR count). The summed E-state index contributed by atoms with van der Waals surface area (Å²) in [5, 5.41) is 12.3. The molecular formula is C25H19BrN2O7S. The molecule has 4 aromatic rings. The molecule has 0 fully saturated rings. The molecule has 36 heavy (non-hydrogen) atoms. The van der Waals surface area contributed by atoms with Gasteiger partial charge in [-0.3, -0.25) is 15.1 Å². The van der Waals surface area contributed by atoms with Crippen molar-refractivity contribution in [3.05, 3.63) is 92.9 Å². The van der Waals surface area contributed by atoms with E-state index < -0.39 is 15.0 Å². The van der Waals surface area contributed by atoms with Gasteiger partial charge in [0, 0.05) is 33.8 Å². The van der Waals surface area contributed by atoms with Gasteiger partial charge in [0.25, 0.3) is 5.69 Å². The van der Waals surface area contributed by atoms with Crippen molar-refractivity contribution in [1.82, 2.24) is 0 Å². The van der Waals surface area contributed by atoms with E-state index in [1.807, 2.05) is 12.1 Å². The monoisotopic (exact) mass is 570 g/mol. The van der Waals surface area contributed by atoms with Gasteiger partial charge in [0.2, 0.25) is 0 Å². The second-order valence-electron chi connectivity index (χ2n) is 7.44. The van der Waals surface area contributed by atoms with E-state index >= 15 is 0 Å². The van der Waals surface area contributed by atoms with Gasteiger partial charge in [-0.25, -0.2) is 0 Å². The fraction of sp³-hybridized carbons (Fsp3) is 0.0800. The minimum Gasteiger partial charge on any atom is -0.493 e. The maximum absolute atomic E-state index is 12.7. The molecule has 0 aliphatic carbocycles. The number of nitro benzene ring substituents is 1. The molecular weight excluding hydrogens is 552 g/mol. The van der Waals surface area contributed by atoms with Crippen LogP contribution in [0.15, 0.2) is 87.2 Å². The Morgan fingerprint density at radius 1 is 0.944 bits per heavy atom. The Hall–Kier alpha value is -3.96. The van der Waals surface area contributed by atoms with Gasteiger partial charge in [-0.1, -0.05) is 18.2 Å². The number of rotatable bonds is 8. The molecule has 0 amide bonds. The highest BCUT2D eigenvalue weighted by Gasteiger charge is 2.19. The molecule has 0 saturated carbocycles. The smallest absolute Gasteiger partial charge is 0.339 e. The molecule has 0 aliphatic rings. The molecule has 0 bridgehead atoms. The first kappa shape index (κ1) is 25.1. The zero-order valence-corrected chi connectivity index (χ0v) is 21.4. The lowest BCUT2D eigenvalue weighted by Gasteiger charge is -2.10. The molecule has 0 radical (unpaired) electrons. The van der Waals surface area contributed by atoms with Crippen molar-refractivity contribution in [2.45, 2.75) is 4.90 Å². The Morgan fingerprint density at radius 2 is 1.64 bits per heavy atom. The van der Waals surface area contributed by atoms with E-state index in [0.717, 1.165) is 39.7 Å². The summed E-state index contributed by atoms with van der Waals surface area (Å²) in [6.07, 6.45) is 1.65. The Balaban J connectivity index is 1.66. The van der Waals surface area contributed by atoms with Crippen LogP contribution in [0.2, 0.25) is 0 Å². The van der Waals surface area contributed by atoms with Crippen molar-refractivity contribution in [1.29, 1.82) is 0 Å². The summed E-state index contributed by atoms with van der Waals surface area (Å²) < 4.78 is 42.1. The zero-order chi connectivity index (χ0) is 25.9. The molecule has 4 aromatic carbocycles. The maximum atomic E-state index is 12.7. The number of ether oxygens (including phenoxy) is 2. The quantitative estimate of drug-likeness (QED) is 0.109. The first-order valence-electron chi connectivity index (χ1n) is 10.4. The molecule has 0 aromatic heterocycles. The van der Waals surface area contributed by atoms with E-state index in [2.05, 4.69) is 20.9 Å². The second kappa shape index (κ2) is 10.3. The molecule has 9 nitrogen and oxygen atoms in total. The summed E-state index contributed by atoms with van der Waals surface area (Å²) in [7, 11) is -1.11. The van der Waals surface area contributed by atoms with Crippen molar-refractivity contribution in [2.24, 2.45) is 4.99 Å². The predicted octanol–water partition coefficient (Wildman–Crippen LogP) is 6.05. The van der Waals surface area contributed by atoms with Crippen molar-refractivity contribution in [3.63, 3.8) is 0 Å². The molecule has 0 heterocycles. The van der Waals surface area contributed by atoms with Crippen LogP contribution in [0.1, 0.15) is 5.56 Å². The highest BCUT2D eigenvalue weighted by molar-refractivity contribution is 9.10. The third kappa shape index (κ3) is 5.31. The van der Waals surface area contributed by atoms with Gasteiger partial charge in [0.05, 0.1) is 24.8 Å². The van der Waals surface area contributed by atoms with Crippen LogP contribution in [0.4, 0.5) is 11.4 Å². The average Bonchev–Trinajstić information content (AvgIpc) is 2.87. The molecule has 0 spiro atoms. The number of halogens is 1. The summed E-state index contributed by atoms with van der Waals surface area (Å²) in [5.74, 6) is 1.20. The van der Waals surface area contributed by atoms with Crippen LogP contribution in [0.5, 0.6) is 17.2 Å². The van der Waals surface area contributed by atoms with Crippen molar-refractivity contribution in [2.75, 3.05) is 14.2 Å². The molecule has 11 heteroatoms. The summed E-state index contributed by atoms with van der Waals surface area (Å²) in [5.41, 5.74) is 1.12. The molecule has 0 saturated heterocycles. The summed E-state index contributed by atoms with van der Waals surface area (Å²) in [6.45, 7) is 0. The molecule has 0 unspecified atom stereocenters. The van der Waals surface area contributed by atoms with E-state index in [4.69, 9.17) is 13.7 Å². The van der Waals surface area contributed by atoms with Gasteiger partial charge in [0.15, 0.2) is 11.5 Å². The van der Waals surface area contributed by atoms with E-state index in [1.165, 1.54) is 6.07 Å². The van der Waals surface area contributed by atoms with Crippen LogP contribution in [-0.4, -0.2) is 33.8 Å². The number of hydrogen-bond donors (Lipinski definition) is 0. The molecule has 0 N–H and O–H groups in total. The molecule has 184 valence electrons. The number of nitro groups is 1. The van der Waals surface area contributed by atoms with Crippen LogP contribution in [-0.2, 0) is 10.1 Å². The van der Waals surface area contributed by atoms with Gasteiger partial charge >= 0.3 is 10.1 Å². The first-order chi connectivity index (χ1) is 17.2. The lowest BCUT2D eigenvalue weighted by molar-refractivity contribution is -0.384. The summed E-state index contributed by atoms with van der Waals surface area (Å²) in [4.78, 5) is 14.6. The fourth-order valence-corrected chi connectivity index (χ4v) is 4.76. The van der Waals surface area contributed by atoms with Gasteiger partial charge in [-0.2, -0.15) is 8.42 Å². The Morgan fingerprint density at radius 3 is 2.31 bits per heavy atom. The van der Waals surface area contributed by atoms with Gasteiger partial charge in [-0.05, 0) is 63.8 Å². The number of hydrogen-bond acceptors (Lipinski definition) is 8. The Kier molecular flexibility index (Phi) is 7.22. The predicted molar refractivity (Wildman–Crippen MR) is 139 cm³/mol. The normalized spacial score (nSPS) is 11.5. The largest absolute Gasteiger partial charge is 0.493 e. The fourth-order valence-electron chi connectivity index (χ4n) is 3.42. The highest BCUT2D eigenvalue weighted by Crippen LogP contribution is 2.34. The van der Waals surface area contributed by atoms with Gasteiger partial charge in [-0.15, -0.1) is 0 Å². The molecule has 0 atom stereocenters. The SMILES string of the molecule is COc1cc(Br)c(C=Nc2cccc3ccc(OS(=O)(=O)c4ccc([N+](=O)[O-])cc4)cc23)cc1OC. The molecule has 0 aliphatic heterocycles. The minimum atomic E-state index is -4.21.